The summed E-state index contributed by atoms with van der Waals surface area (Å²) in [6, 6.07) is 10.1. The Morgan fingerprint density at radius 2 is 1.91 bits per heavy atom. The van der Waals surface area contributed by atoms with E-state index in [0.29, 0.717) is 60.4 Å². The lowest BCUT2D eigenvalue weighted by molar-refractivity contribution is -0.117. The van der Waals surface area contributed by atoms with E-state index in [0.717, 1.165) is 12.0 Å². The first kappa shape index (κ1) is 24.1. The molecule has 1 aromatic heterocycles. The van der Waals surface area contributed by atoms with E-state index in [2.05, 4.69) is 25.9 Å². The van der Waals surface area contributed by atoms with Crippen molar-refractivity contribution in [3.8, 4) is 0 Å². The summed E-state index contributed by atoms with van der Waals surface area (Å²) in [6.45, 7) is 8.19. The second kappa shape index (κ2) is 9.69. The number of aliphatic imine (C=N–C) groups is 1. The Labute approximate surface area is 201 Å². The van der Waals surface area contributed by atoms with Gasteiger partial charge in [0.1, 0.15) is 11.5 Å². The number of hydrogen-bond donors (Lipinski definition) is 1. The van der Waals surface area contributed by atoms with Crippen molar-refractivity contribution in [3.05, 3.63) is 64.2 Å². The second-order valence-electron chi connectivity index (χ2n) is 10.5. The van der Waals surface area contributed by atoms with Crippen molar-refractivity contribution in [2.75, 3.05) is 0 Å². The molecule has 1 fully saturated rings. The van der Waals surface area contributed by atoms with Gasteiger partial charge in [0.25, 0.3) is 0 Å². The first-order valence-corrected chi connectivity index (χ1v) is 12.3. The summed E-state index contributed by atoms with van der Waals surface area (Å²) in [7, 11) is 0. The number of aliphatic hydroxyl groups is 1. The highest BCUT2D eigenvalue weighted by Gasteiger charge is 2.37. The Kier molecular flexibility index (Phi) is 6.87. The molecule has 0 aliphatic heterocycles. The molecule has 6 nitrogen and oxygen atoms in total. The Morgan fingerprint density at radius 3 is 2.62 bits per heavy atom. The van der Waals surface area contributed by atoms with Gasteiger partial charge in [0.05, 0.1) is 16.8 Å². The zero-order valence-electron chi connectivity index (χ0n) is 20.6. The lowest BCUT2D eigenvalue weighted by Crippen LogP contribution is -2.33. The first-order valence-electron chi connectivity index (χ1n) is 12.3. The van der Waals surface area contributed by atoms with E-state index >= 15 is 0 Å². The van der Waals surface area contributed by atoms with Gasteiger partial charge in [-0.3, -0.25) is 14.6 Å². The van der Waals surface area contributed by atoms with Crippen LogP contribution in [0.25, 0.3) is 0 Å². The van der Waals surface area contributed by atoms with E-state index in [4.69, 9.17) is 9.52 Å². The SMILES string of the molecule is CCC(C)N=C1CC(C)(C)CC(=O)C1=C(O)CCc1noc2c1C(=O)CC(c1ccccc1)C2. The maximum atomic E-state index is 13.0. The summed E-state index contributed by atoms with van der Waals surface area (Å²) in [4.78, 5) is 30.7. The van der Waals surface area contributed by atoms with Gasteiger partial charge in [0, 0.05) is 43.9 Å². The molecular formula is C28H34N2O4. The molecule has 2 aliphatic rings. The van der Waals surface area contributed by atoms with Crippen molar-refractivity contribution in [2.24, 2.45) is 10.4 Å². The van der Waals surface area contributed by atoms with E-state index in [9.17, 15) is 14.7 Å². The summed E-state index contributed by atoms with van der Waals surface area (Å²) in [5.41, 5.74) is 3.09. The van der Waals surface area contributed by atoms with Crippen molar-refractivity contribution in [1.29, 1.82) is 0 Å². The van der Waals surface area contributed by atoms with Crippen LogP contribution in [-0.4, -0.2) is 33.6 Å². The maximum absolute atomic E-state index is 13.0. The molecule has 180 valence electrons. The van der Waals surface area contributed by atoms with Gasteiger partial charge < -0.3 is 9.63 Å². The molecule has 0 amide bonds. The van der Waals surface area contributed by atoms with Crippen LogP contribution in [0.4, 0.5) is 0 Å². The number of aliphatic hydroxyl groups excluding tert-OH is 1. The number of allylic oxidation sites excluding steroid dienone is 2. The van der Waals surface area contributed by atoms with Gasteiger partial charge in [0.15, 0.2) is 11.6 Å². The standard InChI is InChI=1S/C28H34N2O4/c1-5-17(2)29-21-15-28(3,4)16-24(33)26(21)22(31)12-11-20-27-23(32)13-19(14-25(27)34-30-20)18-9-7-6-8-10-18/h6-10,17,19,31H,5,11-16H2,1-4H3. The summed E-state index contributed by atoms with van der Waals surface area (Å²) in [5.74, 6) is 0.680. The molecule has 6 heteroatoms. The van der Waals surface area contributed by atoms with Crippen LogP contribution in [0.2, 0.25) is 0 Å². The van der Waals surface area contributed by atoms with Crippen LogP contribution < -0.4 is 0 Å². The van der Waals surface area contributed by atoms with Crippen molar-refractivity contribution in [2.45, 2.75) is 84.6 Å². The van der Waals surface area contributed by atoms with Gasteiger partial charge >= 0.3 is 0 Å². The smallest absolute Gasteiger partial charge is 0.168 e. The molecule has 0 bridgehead atoms. The average Bonchev–Trinajstić information content (AvgIpc) is 3.20. The van der Waals surface area contributed by atoms with Gasteiger partial charge in [-0.1, -0.05) is 56.3 Å². The largest absolute Gasteiger partial charge is 0.511 e. The Bertz CT molecular complexity index is 1140. The molecule has 0 saturated heterocycles. The predicted molar refractivity (Wildman–Crippen MR) is 132 cm³/mol. The number of rotatable bonds is 6. The Balaban J connectivity index is 1.55. The van der Waals surface area contributed by atoms with Gasteiger partial charge in [-0.25, -0.2) is 0 Å². The van der Waals surface area contributed by atoms with E-state index in [1.165, 1.54) is 0 Å². The molecule has 2 aliphatic carbocycles. The van der Waals surface area contributed by atoms with Crippen LogP contribution >= 0.6 is 0 Å². The topological polar surface area (TPSA) is 92.8 Å². The summed E-state index contributed by atoms with van der Waals surface area (Å²) in [6.07, 6.45) is 3.50. The molecule has 0 radical (unpaired) electrons. The molecule has 1 N–H and O–H groups in total. The molecule has 2 atom stereocenters. The lowest BCUT2D eigenvalue weighted by atomic mass is 9.73. The van der Waals surface area contributed by atoms with Crippen LogP contribution in [0, 0.1) is 5.41 Å². The molecule has 1 saturated carbocycles. The minimum Gasteiger partial charge on any atom is -0.511 e. The van der Waals surface area contributed by atoms with Gasteiger partial charge in [-0.2, -0.15) is 0 Å². The third-order valence-electron chi connectivity index (χ3n) is 6.95. The highest BCUT2D eigenvalue weighted by molar-refractivity contribution is 6.24. The van der Waals surface area contributed by atoms with Crippen LogP contribution in [0.5, 0.6) is 0 Å². The highest BCUT2D eigenvalue weighted by atomic mass is 16.5. The highest BCUT2D eigenvalue weighted by Crippen LogP contribution is 2.37. The number of benzene rings is 1. The second-order valence-corrected chi connectivity index (χ2v) is 10.5. The van der Waals surface area contributed by atoms with E-state index in [1.54, 1.807) is 0 Å². The summed E-state index contributed by atoms with van der Waals surface area (Å²) < 4.78 is 5.56. The fourth-order valence-corrected chi connectivity index (χ4v) is 5.02. The lowest BCUT2D eigenvalue weighted by Gasteiger charge is -2.32. The number of aromatic nitrogens is 1. The molecule has 1 heterocycles. The fourth-order valence-electron chi connectivity index (χ4n) is 5.02. The van der Waals surface area contributed by atoms with Gasteiger partial charge in [-0.15, -0.1) is 0 Å². The third kappa shape index (κ3) is 5.06. The van der Waals surface area contributed by atoms with E-state index < -0.39 is 0 Å². The van der Waals surface area contributed by atoms with E-state index in [-0.39, 0.29) is 41.1 Å². The average molecular weight is 463 g/mol. The normalized spacial score (nSPS) is 23.6. The zero-order valence-corrected chi connectivity index (χ0v) is 20.6. The molecule has 1 aromatic carbocycles. The van der Waals surface area contributed by atoms with Crippen LogP contribution in [-0.2, 0) is 17.6 Å². The van der Waals surface area contributed by atoms with Crippen molar-refractivity contribution in [1.82, 2.24) is 5.16 Å². The molecule has 2 aromatic rings. The van der Waals surface area contributed by atoms with Crippen molar-refractivity contribution >= 4 is 17.3 Å². The number of Topliss-reactive ketones (excluding diaryl/α,β-unsaturated/α-hetero) is 2. The Morgan fingerprint density at radius 1 is 1.18 bits per heavy atom. The van der Waals surface area contributed by atoms with Crippen LogP contribution in [0.3, 0.4) is 0 Å². The monoisotopic (exact) mass is 462 g/mol. The van der Waals surface area contributed by atoms with Crippen molar-refractivity contribution < 1.29 is 19.2 Å². The van der Waals surface area contributed by atoms with Gasteiger partial charge in [0.2, 0.25) is 0 Å². The predicted octanol–water partition coefficient (Wildman–Crippen LogP) is 5.96. The minimum atomic E-state index is -0.180. The number of fused-ring (bicyclic) bond motifs is 1. The molecule has 0 spiro atoms. The van der Waals surface area contributed by atoms with Gasteiger partial charge in [-0.05, 0) is 36.7 Å². The molecular weight excluding hydrogens is 428 g/mol. The number of carbonyl (C=O) groups excluding carboxylic acids is 2. The molecule has 4 rings (SSSR count). The number of aryl methyl sites for hydroxylation is 1. The number of nitrogens with zero attached hydrogens (tertiary/aromatic N) is 2. The third-order valence-corrected chi connectivity index (χ3v) is 6.95. The quantitative estimate of drug-likeness (QED) is 0.422. The van der Waals surface area contributed by atoms with Crippen LogP contribution in [0.1, 0.15) is 93.1 Å². The summed E-state index contributed by atoms with van der Waals surface area (Å²) in [5, 5.41) is 15.1. The summed E-state index contributed by atoms with van der Waals surface area (Å²) >= 11 is 0. The number of hydrogen-bond acceptors (Lipinski definition) is 6. The maximum Gasteiger partial charge on any atom is 0.168 e. The zero-order chi connectivity index (χ0) is 24.5. The van der Waals surface area contributed by atoms with Crippen molar-refractivity contribution in [3.63, 3.8) is 0 Å². The van der Waals surface area contributed by atoms with Crippen LogP contribution in [0.15, 0.2) is 51.2 Å². The molecule has 34 heavy (non-hydrogen) atoms. The number of carbonyl (C=O) groups is 2. The minimum absolute atomic E-state index is 0.0213. The van der Waals surface area contributed by atoms with E-state index in [1.807, 2.05) is 37.3 Å². The number of ketones is 2. The Hall–Kier alpha value is -3.02. The fraction of sp³-hybridized carbons (Fsp3) is 0.500. The first-order chi connectivity index (χ1) is 16.2. The molecule has 2 unspecified atom stereocenters.